The van der Waals surface area contributed by atoms with Crippen LogP contribution in [0.15, 0.2) is 18.2 Å². The molecule has 1 aromatic rings. The van der Waals surface area contributed by atoms with Gasteiger partial charge in [0.15, 0.2) is 0 Å². The van der Waals surface area contributed by atoms with E-state index in [0.29, 0.717) is 22.3 Å². The molecule has 0 radical (unpaired) electrons. The highest BCUT2D eigenvalue weighted by Gasteiger charge is 2.32. The summed E-state index contributed by atoms with van der Waals surface area (Å²) in [5, 5.41) is 4.40. The van der Waals surface area contributed by atoms with Gasteiger partial charge in [0.05, 0.1) is 16.8 Å². The largest absolute Gasteiger partial charge is 0.309 e. The van der Waals surface area contributed by atoms with Crippen LogP contribution in [0.3, 0.4) is 0 Å². The molecule has 18 heavy (non-hydrogen) atoms. The first kappa shape index (κ1) is 13.7. The topological polar surface area (TPSA) is 32.3 Å². The van der Waals surface area contributed by atoms with Gasteiger partial charge in [-0.25, -0.2) is 0 Å². The summed E-state index contributed by atoms with van der Waals surface area (Å²) in [6.07, 6.45) is 1.82. The van der Waals surface area contributed by atoms with Gasteiger partial charge in [-0.1, -0.05) is 30.1 Å². The van der Waals surface area contributed by atoms with Crippen molar-refractivity contribution in [3.05, 3.63) is 28.2 Å². The molecule has 1 heterocycles. The molecular weight excluding hydrogens is 271 g/mol. The Morgan fingerprint density at radius 2 is 2.22 bits per heavy atom. The number of hydrogen-bond acceptors (Lipinski definition) is 2. The van der Waals surface area contributed by atoms with Crippen LogP contribution in [0, 0.1) is 0 Å². The minimum absolute atomic E-state index is 0.0765. The van der Waals surface area contributed by atoms with Gasteiger partial charge in [-0.05, 0) is 37.6 Å². The average molecular weight is 287 g/mol. The van der Waals surface area contributed by atoms with E-state index in [1.165, 1.54) is 0 Å². The van der Waals surface area contributed by atoms with Crippen LogP contribution in [0.1, 0.15) is 19.8 Å². The molecule has 1 N–H and O–H groups in total. The van der Waals surface area contributed by atoms with Crippen molar-refractivity contribution in [2.45, 2.75) is 25.8 Å². The molecule has 1 aliphatic heterocycles. The Kier molecular flexibility index (Phi) is 4.49. The number of hydrogen-bond donors (Lipinski definition) is 1. The Labute approximate surface area is 117 Å². The molecule has 1 aromatic carbocycles. The summed E-state index contributed by atoms with van der Waals surface area (Å²) in [5.41, 5.74) is 0.704. The van der Waals surface area contributed by atoms with Crippen LogP contribution in [0.2, 0.25) is 10.0 Å². The first-order chi connectivity index (χ1) is 8.63. The number of benzene rings is 1. The van der Waals surface area contributed by atoms with Gasteiger partial charge in [-0.2, -0.15) is 0 Å². The molecule has 2 rings (SSSR count). The molecule has 1 saturated heterocycles. The van der Waals surface area contributed by atoms with Gasteiger partial charge < -0.3 is 10.2 Å². The highest BCUT2D eigenvalue weighted by atomic mass is 35.5. The molecule has 0 bridgehead atoms. The van der Waals surface area contributed by atoms with Crippen LogP contribution in [0.25, 0.3) is 0 Å². The highest BCUT2D eigenvalue weighted by molar-refractivity contribution is 6.35. The van der Waals surface area contributed by atoms with Crippen LogP contribution in [0.5, 0.6) is 0 Å². The summed E-state index contributed by atoms with van der Waals surface area (Å²) >= 11 is 12.1. The van der Waals surface area contributed by atoms with Crippen molar-refractivity contribution in [3.8, 4) is 0 Å². The van der Waals surface area contributed by atoms with Gasteiger partial charge in [0, 0.05) is 11.6 Å². The zero-order valence-corrected chi connectivity index (χ0v) is 11.8. The third-order valence-electron chi connectivity index (χ3n) is 3.05. The Bertz CT molecular complexity index is 451. The predicted octanol–water partition coefficient (Wildman–Crippen LogP) is 3.10. The molecule has 1 unspecified atom stereocenters. The minimum Gasteiger partial charge on any atom is -0.309 e. The molecule has 3 nitrogen and oxygen atoms in total. The van der Waals surface area contributed by atoms with Gasteiger partial charge in [0.25, 0.3) is 0 Å². The molecule has 1 aliphatic rings. The molecular formula is C13H16Cl2N2O. The number of carbonyl (C=O) groups is 1. The normalized spacial score (nSPS) is 19.6. The first-order valence-corrected chi connectivity index (χ1v) is 6.89. The van der Waals surface area contributed by atoms with Crippen LogP contribution >= 0.6 is 23.2 Å². The summed E-state index contributed by atoms with van der Waals surface area (Å²) < 4.78 is 0. The maximum atomic E-state index is 12.2. The van der Waals surface area contributed by atoms with Gasteiger partial charge in [-0.3, -0.25) is 4.79 Å². The van der Waals surface area contributed by atoms with E-state index in [2.05, 4.69) is 12.2 Å². The van der Waals surface area contributed by atoms with E-state index in [0.717, 1.165) is 19.4 Å². The van der Waals surface area contributed by atoms with Crippen molar-refractivity contribution >= 4 is 34.8 Å². The van der Waals surface area contributed by atoms with E-state index >= 15 is 0 Å². The van der Waals surface area contributed by atoms with E-state index < -0.39 is 0 Å². The minimum atomic E-state index is -0.0972. The molecule has 98 valence electrons. The lowest BCUT2D eigenvalue weighted by atomic mass is 10.2. The summed E-state index contributed by atoms with van der Waals surface area (Å²) in [7, 11) is 0. The number of nitrogens with one attached hydrogen (secondary N) is 1. The van der Waals surface area contributed by atoms with E-state index in [1.54, 1.807) is 23.1 Å². The van der Waals surface area contributed by atoms with Gasteiger partial charge in [0.1, 0.15) is 0 Å². The van der Waals surface area contributed by atoms with Gasteiger partial charge in [-0.15, -0.1) is 0 Å². The monoisotopic (exact) mass is 286 g/mol. The standard InChI is InChI=1S/C13H16Cl2N2O/c1-2-6-16-11-5-7-17(13(11)18)12-8-9(14)3-4-10(12)15/h3-4,8,11,16H,2,5-7H2,1H3. The zero-order valence-electron chi connectivity index (χ0n) is 10.2. The number of carbonyl (C=O) groups excluding carboxylic acids is 1. The number of rotatable bonds is 4. The van der Waals surface area contributed by atoms with Crippen molar-refractivity contribution in [2.24, 2.45) is 0 Å². The van der Waals surface area contributed by atoms with Crippen LogP contribution < -0.4 is 10.2 Å². The second kappa shape index (κ2) is 5.91. The Morgan fingerprint density at radius 3 is 2.94 bits per heavy atom. The predicted molar refractivity (Wildman–Crippen MR) is 75.5 cm³/mol. The quantitative estimate of drug-likeness (QED) is 0.923. The van der Waals surface area contributed by atoms with Crippen molar-refractivity contribution in [3.63, 3.8) is 0 Å². The lowest BCUT2D eigenvalue weighted by Gasteiger charge is -2.18. The van der Waals surface area contributed by atoms with E-state index in [9.17, 15) is 4.79 Å². The van der Waals surface area contributed by atoms with E-state index in [1.807, 2.05) is 0 Å². The molecule has 5 heteroatoms. The molecule has 1 amide bonds. The fraction of sp³-hybridized carbons (Fsp3) is 0.462. The molecule has 0 saturated carbocycles. The second-order valence-corrected chi connectivity index (χ2v) is 5.22. The average Bonchev–Trinajstić information content (AvgIpc) is 2.71. The van der Waals surface area contributed by atoms with Crippen LogP contribution in [-0.4, -0.2) is 25.0 Å². The number of nitrogens with zero attached hydrogens (tertiary/aromatic N) is 1. The summed E-state index contributed by atoms with van der Waals surface area (Å²) in [4.78, 5) is 13.9. The van der Waals surface area contributed by atoms with Crippen molar-refractivity contribution in [1.29, 1.82) is 0 Å². The smallest absolute Gasteiger partial charge is 0.244 e. The van der Waals surface area contributed by atoms with Crippen LogP contribution in [0.4, 0.5) is 5.69 Å². The van der Waals surface area contributed by atoms with Gasteiger partial charge in [0.2, 0.25) is 5.91 Å². The maximum Gasteiger partial charge on any atom is 0.244 e. The SMILES string of the molecule is CCCNC1CCN(c2cc(Cl)ccc2Cl)C1=O. The molecule has 0 aromatic heterocycles. The first-order valence-electron chi connectivity index (χ1n) is 6.13. The van der Waals surface area contributed by atoms with Crippen LogP contribution in [-0.2, 0) is 4.79 Å². The van der Waals surface area contributed by atoms with E-state index in [4.69, 9.17) is 23.2 Å². The zero-order chi connectivity index (χ0) is 13.1. The van der Waals surface area contributed by atoms with Crippen molar-refractivity contribution in [2.75, 3.05) is 18.0 Å². The Morgan fingerprint density at radius 1 is 1.44 bits per heavy atom. The van der Waals surface area contributed by atoms with Crippen molar-refractivity contribution in [1.82, 2.24) is 5.32 Å². The summed E-state index contributed by atoms with van der Waals surface area (Å²) in [6, 6.07) is 5.09. The molecule has 0 aliphatic carbocycles. The van der Waals surface area contributed by atoms with Crippen molar-refractivity contribution < 1.29 is 4.79 Å². The Balaban J connectivity index is 2.15. The molecule has 1 atom stereocenters. The third kappa shape index (κ3) is 2.79. The fourth-order valence-electron chi connectivity index (χ4n) is 2.12. The Hall–Kier alpha value is -0.770. The summed E-state index contributed by atoms with van der Waals surface area (Å²) in [5.74, 6) is 0.0765. The third-order valence-corrected chi connectivity index (χ3v) is 3.60. The lowest BCUT2D eigenvalue weighted by Crippen LogP contribution is -2.38. The van der Waals surface area contributed by atoms with E-state index in [-0.39, 0.29) is 11.9 Å². The molecule has 1 fully saturated rings. The fourth-order valence-corrected chi connectivity index (χ4v) is 2.51. The number of anilines is 1. The number of amides is 1. The second-order valence-electron chi connectivity index (χ2n) is 4.38. The molecule has 0 spiro atoms. The number of halogens is 2. The lowest BCUT2D eigenvalue weighted by molar-refractivity contribution is -0.118. The maximum absolute atomic E-state index is 12.2. The highest BCUT2D eigenvalue weighted by Crippen LogP contribution is 2.31. The summed E-state index contributed by atoms with van der Waals surface area (Å²) in [6.45, 7) is 3.62. The van der Waals surface area contributed by atoms with Gasteiger partial charge >= 0.3 is 0 Å².